The highest BCUT2D eigenvalue weighted by Crippen LogP contribution is 2.35. The number of nitrogens with two attached hydrogens (primary N) is 1. The summed E-state index contributed by atoms with van der Waals surface area (Å²) < 4.78 is 123. The fraction of sp³-hybridized carbons (Fsp3) is 0.100. The van der Waals surface area contributed by atoms with Crippen LogP contribution in [0.2, 0.25) is 0 Å². The monoisotopic (exact) mass is 565 g/mol. The maximum atomic E-state index is 13.1. The Balaban J connectivity index is 2.04. The predicted molar refractivity (Wildman–Crippen MR) is 125 cm³/mol. The van der Waals surface area contributed by atoms with Crippen LogP contribution in [0.5, 0.6) is 5.75 Å². The average Bonchev–Trinajstić information content (AvgIpc) is 2.79. The second-order valence-electron chi connectivity index (χ2n) is 7.09. The first-order valence-corrected chi connectivity index (χ1v) is 14.0. The molecule has 3 aromatic carbocycles. The first kappa shape index (κ1) is 27.1. The van der Waals surface area contributed by atoms with Gasteiger partial charge in [-0.3, -0.25) is 9.44 Å². The van der Waals surface area contributed by atoms with E-state index >= 15 is 0 Å². The number of sulfonamides is 2. The highest BCUT2D eigenvalue weighted by molar-refractivity contribution is 7.93. The molecule has 0 radical (unpaired) electrons. The van der Waals surface area contributed by atoms with Crippen LogP contribution in [0.25, 0.3) is 0 Å². The van der Waals surface area contributed by atoms with Crippen LogP contribution in [0.3, 0.4) is 0 Å². The molecule has 0 aliphatic rings. The van der Waals surface area contributed by atoms with E-state index in [1.807, 2.05) is 4.72 Å². The van der Waals surface area contributed by atoms with Gasteiger partial charge in [0.15, 0.2) is 0 Å². The third-order valence-corrected chi connectivity index (χ3v) is 8.86. The van der Waals surface area contributed by atoms with Crippen molar-refractivity contribution in [1.82, 2.24) is 0 Å². The van der Waals surface area contributed by atoms with Crippen LogP contribution in [0.4, 0.5) is 30.2 Å². The van der Waals surface area contributed by atoms with E-state index in [0.29, 0.717) is 12.1 Å². The van der Waals surface area contributed by atoms with E-state index in [1.54, 1.807) is 0 Å². The smallest absolute Gasteiger partial charge is 0.495 e. The lowest BCUT2D eigenvalue weighted by Gasteiger charge is -2.17. The first-order chi connectivity index (χ1) is 16.6. The lowest BCUT2D eigenvalue weighted by molar-refractivity contribution is -0.0436. The number of hydrogen-bond acceptors (Lipinski definition) is 8. The van der Waals surface area contributed by atoms with Crippen LogP contribution in [-0.4, -0.2) is 37.9 Å². The lowest BCUT2D eigenvalue weighted by atomic mass is 10.3. The third-order valence-electron chi connectivity index (χ3n) is 4.62. The first-order valence-electron chi connectivity index (χ1n) is 9.58. The summed E-state index contributed by atoms with van der Waals surface area (Å²) in [5.74, 6) is -0.457. The molecule has 0 amide bonds. The molecular weight excluding hydrogens is 547 g/mol. The summed E-state index contributed by atoms with van der Waals surface area (Å²) >= 11 is 0. The second kappa shape index (κ2) is 9.51. The zero-order valence-corrected chi connectivity index (χ0v) is 20.6. The molecule has 0 atom stereocenters. The largest absolute Gasteiger partial charge is 0.501 e. The number of ether oxygens (including phenoxy) is 1. The molecule has 4 N–H and O–H groups in total. The number of benzene rings is 3. The van der Waals surface area contributed by atoms with Crippen LogP contribution in [0.15, 0.2) is 81.4 Å². The van der Waals surface area contributed by atoms with E-state index in [4.69, 9.17) is 10.5 Å². The van der Waals surface area contributed by atoms with Crippen LogP contribution < -0.4 is 19.9 Å². The maximum Gasteiger partial charge on any atom is 0.501 e. The van der Waals surface area contributed by atoms with E-state index < -0.39 is 50.9 Å². The summed E-state index contributed by atoms with van der Waals surface area (Å²) in [5, 5.41) is 0. The van der Waals surface area contributed by atoms with Crippen molar-refractivity contribution >= 4 is 46.9 Å². The van der Waals surface area contributed by atoms with Crippen molar-refractivity contribution in [3.8, 4) is 5.75 Å². The van der Waals surface area contributed by atoms with Crippen LogP contribution in [-0.2, 0) is 29.9 Å². The van der Waals surface area contributed by atoms with E-state index in [9.17, 15) is 38.4 Å². The molecule has 3 aromatic rings. The van der Waals surface area contributed by atoms with Crippen molar-refractivity contribution in [3.63, 3.8) is 0 Å². The summed E-state index contributed by atoms with van der Waals surface area (Å²) in [6.45, 7) is 0. The van der Waals surface area contributed by atoms with Gasteiger partial charge in [-0.15, -0.1) is 0 Å². The van der Waals surface area contributed by atoms with E-state index in [1.165, 1.54) is 48.5 Å². The van der Waals surface area contributed by atoms with Gasteiger partial charge >= 0.3 is 5.51 Å². The SMILES string of the molecule is COc1ccc(S(=O)(=O)C(F)(F)F)cc1S(=O)(=O)Nc1ccccc1NS(=O)(=O)c1cccc(N)c1. The number of rotatable bonds is 8. The molecule has 16 heteroatoms. The molecule has 10 nitrogen and oxygen atoms in total. The molecule has 0 spiro atoms. The Morgan fingerprint density at radius 1 is 0.750 bits per heavy atom. The molecule has 0 unspecified atom stereocenters. The minimum Gasteiger partial charge on any atom is -0.495 e. The van der Waals surface area contributed by atoms with Gasteiger partial charge in [0, 0.05) is 5.69 Å². The van der Waals surface area contributed by atoms with Gasteiger partial charge in [0.1, 0.15) is 10.6 Å². The molecule has 0 saturated carbocycles. The molecule has 0 aromatic heterocycles. The van der Waals surface area contributed by atoms with Gasteiger partial charge in [0.25, 0.3) is 29.9 Å². The minimum atomic E-state index is -5.87. The highest BCUT2D eigenvalue weighted by atomic mass is 32.2. The van der Waals surface area contributed by atoms with Crippen molar-refractivity contribution in [2.75, 3.05) is 22.3 Å². The predicted octanol–water partition coefficient (Wildman–Crippen LogP) is 3.17. The summed E-state index contributed by atoms with van der Waals surface area (Å²) in [5.41, 5.74) is -0.449. The zero-order chi connectivity index (χ0) is 26.9. The number of halogens is 3. The fourth-order valence-corrected chi connectivity index (χ4v) is 6.19. The number of sulfone groups is 1. The normalized spacial score (nSPS) is 12.7. The quantitative estimate of drug-likeness (QED) is 0.351. The van der Waals surface area contributed by atoms with Crippen LogP contribution in [0.1, 0.15) is 0 Å². The maximum absolute atomic E-state index is 13.1. The average molecular weight is 566 g/mol. The molecule has 0 bridgehead atoms. The number of anilines is 3. The zero-order valence-electron chi connectivity index (χ0n) is 18.1. The number of nitrogen functional groups attached to an aromatic ring is 1. The molecule has 0 heterocycles. The number of methoxy groups -OCH3 is 1. The molecular formula is C20H18F3N3O7S3. The number of para-hydroxylation sites is 2. The number of alkyl halides is 3. The van der Waals surface area contributed by atoms with Gasteiger partial charge in [-0.25, -0.2) is 25.3 Å². The molecule has 3 rings (SSSR count). The molecule has 194 valence electrons. The topological polar surface area (TPSA) is 162 Å². The number of hydrogen-bond donors (Lipinski definition) is 3. The van der Waals surface area contributed by atoms with Gasteiger partial charge in [-0.2, -0.15) is 13.2 Å². The van der Waals surface area contributed by atoms with Crippen molar-refractivity contribution in [2.45, 2.75) is 20.2 Å². The Morgan fingerprint density at radius 3 is 1.86 bits per heavy atom. The standard InChI is InChI=1S/C20H18F3N3O7S3/c1-33-18-10-9-14(34(27,28)20(21,22)23)12-19(18)36(31,32)26-17-8-3-2-7-16(17)25-35(29,30)15-6-4-5-13(24)11-15/h2-12,25-26H,24H2,1H3. The van der Waals surface area contributed by atoms with Crippen LogP contribution >= 0.6 is 0 Å². The Labute approximate surface area is 204 Å². The summed E-state index contributed by atoms with van der Waals surface area (Å²) in [6.07, 6.45) is 0. The molecule has 0 aliphatic carbocycles. The van der Waals surface area contributed by atoms with Crippen molar-refractivity contribution in [3.05, 3.63) is 66.7 Å². The molecule has 0 fully saturated rings. The third kappa shape index (κ3) is 5.50. The van der Waals surface area contributed by atoms with Gasteiger partial charge in [0.2, 0.25) is 0 Å². The summed E-state index contributed by atoms with van der Waals surface area (Å²) in [4.78, 5) is -2.47. The van der Waals surface area contributed by atoms with Gasteiger partial charge in [0.05, 0.1) is 28.3 Å². The Kier molecular flexibility index (Phi) is 7.16. The highest BCUT2D eigenvalue weighted by Gasteiger charge is 2.47. The van der Waals surface area contributed by atoms with Crippen LogP contribution in [0, 0.1) is 0 Å². The van der Waals surface area contributed by atoms with E-state index in [2.05, 4.69) is 4.72 Å². The second-order valence-corrected chi connectivity index (χ2v) is 12.4. The van der Waals surface area contributed by atoms with Crippen molar-refractivity contribution in [1.29, 1.82) is 0 Å². The minimum absolute atomic E-state index is 0.160. The lowest BCUT2D eigenvalue weighted by Crippen LogP contribution is -2.24. The molecule has 0 saturated heterocycles. The van der Waals surface area contributed by atoms with Crippen molar-refractivity contribution in [2.24, 2.45) is 0 Å². The van der Waals surface area contributed by atoms with E-state index in [-0.39, 0.29) is 22.0 Å². The summed E-state index contributed by atoms with van der Waals surface area (Å²) in [6, 6.07) is 12.0. The Hall–Kier alpha value is -3.50. The molecule has 0 aliphatic heterocycles. The Bertz CT molecular complexity index is 1620. The fourth-order valence-electron chi connectivity index (χ4n) is 2.91. The molecule has 36 heavy (non-hydrogen) atoms. The van der Waals surface area contributed by atoms with Gasteiger partial charge in [-0.1, -0.05) is 18.2 Å². The number of nitrogens with one attached hydrogen (secondary N) is 2. The van der Waals surface area contributed by atoms with Gasteiger partial charge < -0.3 is 10.5 Å². The van der Waals surface area contributed by atoms with Crippen molar-refractivity contribution < 1.29 is 43.2 Å². The van der Waals surface area contributed by atoms with E-state index in [0.717, 1.165) is 13.2 Å². The summed E-state index contributed by atoms with van der Waals surface area (Å²) in [7, 11) is -13.9. The van der Waals surface area contributed by atoms with Gasteiger partial charge in [-0.05, 0) is 48.5 Å². The Morgan fingerprint density at radius 2 is 1.33 bits per heavy atom.